The third-order valence-electron chi connectivity index (χ3n) is 3.64. The number of rotatable bonds is 6. The van der Waals surface area contributed by atoms with Crippen molar-refractivity contribution in [3.8, 4) is 0 Å². The van der Waals surface area contributed by atoms with E-state index in [1.54, 1.807) is 4.68 Å². The minimum Gasteiger partial charge on any atom is -0.314 e. The van der Waals surface area contributed by atoms with Crippen LogP contribution in [0.25, 0.3) is 0 Å². The van der Waals surface area contributed by atoms with Gasteiger partial charge in [-0.3, -0.25) is 4.68 Å². The fraction of sp³-hybridized carbons (Fsp3) is 0.438. The van der Waals surface area contributed by atoms with E-state index in [4.69, 9.17) is 23.2 Å². The monoisotopic (exact) mass is 325 g/mol. The van der Waals surface area contributed by atoms with Crippen molar-refractivity contribution < 1.29 is 0 Å². The van der Waals surface area contributed by atoms with Gasteiger partial charge in [-0.05, 0) is 37.9 Å². The summed E-state index contributed by atoms with van der Waals surface area (Å²) < 4.78 is 1.73. The van der Waals surface area contributed by atoms with E-state index >= 15 is 0 Å². The average Bonchev–Trinajstić information content (AvgIpc) is 2.68. The Morgan fingerprint density at radius 2 is 1.95 bits per heavy atom. The highest BCUT2D eigenvalue weighted by atomic mass is 35.5. The van der Waals surface area contributed by atoms with Gasteiger partial charge in [-0.25, -0.2) is 0 Å². The second-order valence-corrected chi connectivity index (χ2v) is 6.00. The molecule has 5 heteroatoms. The molecule has 21 heavy (non-hydrogen) atoms. The number of hydrogen-bond donors (Lipinski definition) is 1. The fourth-order valence-electron chi connectivity index (χ4n) is 2.59. The summed E-state index contributed by atoms with van der Waals surface area (Å²) in [6.45, 7) is 5.02. The Kier molecular flexibility index (Phi) is 5.68. The molecule has 1 aromatic carbocycles. The highest BCUT2D eigenvalue weighted by Crippen LogP contribution is 2.23. The topological polar surface area (TPSA) is 29.9 Å². The predicted molar refractivity (Wildman–Crippen MR) is 89.3 cm³/mol. The predicted octanol–water partition coefficient (Wildman–Crippen LogP) is 3.80. The van der Waals surface area contributed by atoms with E-state index < -0.39 is 0 Å². The van der Waals surface area contributed by atoms with Crippen molar-refractivity contribution in [2.45, 2.75) is 32.7 Å². The summed E-state index contributed by atoms with van der Waals surface area (Å²) in [5.41, 5.74) is 3.25. The summed E-state index contributed by atoms with van der Waals surface area (Å²) in [6.07, 6.45) is 1.72. The van der Waals surface area contributed by atoms with E-state index in [9.17, 15) is 0 Å². The summed E-state index contributed by atoms with van der Waals surface area (Å²) in [6, 6.07) is 8.27. The van der Waals surface area contributed by atoms with Crippen LogP contribution in [-0.2, 0) is 19.9 Å². The molecule has 0 radical (unpaired) electrons. The van der Waals surface area contributed by atoms with Gasteiger partial charge >= 0.3 is 0 Å². The largest absolute Gasteiger partial charge is 0.314 e. The van der Waals surface area contributed by atoms with Crippen LogP contribution in [0.2, 0.25) is 10.2 Å². The smallest absolute Gasteiger partial charge is 0.130 e. The Hall–Kier alpha value is -1.03. The molecule has 2 aromatic rings. The van der Waals surface area contributed by atoms with Crippen molar-refractivity contribution in [2.75, 3.05) is 6.54 Å². The highest BCUT2D eigenvalue weighted by molar-refractivity contribution is 6.31. The molecule has 0 bridgehead atoms. The van der Waals surface area contributed by atoms with Crippen molar-refractivity contribution >= 4 is 23.2 Å². The molecule has 0 aliphatic heterocycles. The number of nitrogens with zero attached hydrogens (tertiary/aromatic N) is 2. The summed E-state index contributed by atoms with van der Waals surface area (Å²) in [7, 11) is 1.87. The molecule has 1 heterocycles. The standard InChI is InChI=1S/C16H21Cl2N3/c1-4-19-13(9-12-7-5-6-8-15(12)17)10-14-11(2)20-21(3)16(14)18/h5-8,13,19H,4,9-10H2,1-3H3. The van der Waals surface area contributed by atoms with Gasteiger partial charge in [0.25, 0.3) is 0 Å². The van der Waals surface area contributed by atoms with E-state index in [0.29, 0.717) is 0 Å². The first-order valence-corrected chi connectivity index (χ1v) is 7.93. The molecule has 0 amide bonds. The lowest BCUT2D eigenvalue weighted by atomic mass is 9.99. The zero-order chi connectivity index (χ0) is 15.4. The average molecular weight is 326 g/mol. The summed E-state index contributed by atoms with van der Waals surface area (Å²) in [5, 5.41) is 9.43. The molecule has 0 spiro atoms. The molecule has 0 saturated carbocycles. The van der Waals surface area contributed by atoms with Crippen LogP contribution in [0.1, 0.15) is 23.7 Å². The first kappa shape index (κ1) is 16.3. The van der Waals surface area contributed by atoms with Crippen molar-refractivity contribution in [3.63, 3.8) is 0 Å². The minimum absolute atomic E-state index is 0.287. The van der Waals surface area contributed by atoms with E-state index in [2.05, 4.69) is 23.4 Å². The lowest BCUT2D eigenvalue weighted by Crippen LogP contribution is -2.33. The fourth-order valence-corrected chi connectivity index (χ4v) is 3.05. The Balaban J connectivity index is 2.18. The van der Waals surface area contributed by atoms with Crippen LogP contribution in [0.15, 0.2) is 24.3 Å². The quantitative estimate of drug-likeness (QED) is 0.875. The van der Waals surface area contributed by atoms with Gasteiger partial charge < -0.3 is 5.32 Å². The van der Waals surface area contributed by atoms with Crippen LogP contribution >= 0.6 is 23.2 Å². The van der Waals surface area contributed by atoms with E-state index in [1.807, 2.05) is 32.2 Å². The van der Waals surface area contributed by atoms with Crippen LogP contribution < -0.4 is 5.32 Å². The Morgan fingerprint density at radius 1 is 1.24 bits per heavy atom. The Morgan fingerprint density at radius 3 is 2.52 bits per heavy atom. The van der Waals surface area contributed by atoms with Crippen LogP contribution in [0, 0.1) is 6.92 Å². The van der Waals surface area contributed by atoms with Crippen molar-refractivity contribution in [1.82, 2.24) is 15.1 Å². The van der Waals surface area contributed by atoms with E-state index in [0.717, 1.165) is 46.4 Å². The first-order chi connectivity index (χ1) is 10.0. The summed E-state index contributed by atoms with van der Waals surface area (Å²) in [4.78, 5) is 0. The van der Waals surface area contributed by atoms with Gasteiger partial charge in [-0.15, -0.1) is 0 Å². The molecule has 1 N–H and O–H groups in total. The van der Waals surface area contributed by atoms with Crippen molar-refractivity contribution in [1.29, 1.82) is 0 Å². The zero-order valence-corrected chi connectivity index (χ0v) is 14.2. The number of aryl methyl sites for hydroxylation is 2. The first-order valence-electron chi connectivity index (χ1n) is 7.17. The summed E-state index contributed by atoms with van der Waals surface area (Å²) in [5.74, 6) is 0. The number of likely N-dealkylation sites (N-methyl/N-ethyl adjacent to an activating group) is 1. The highest BCUT2D eigenvalue weighted by Gasteiger charge is 2.17. The van der Waals surface area contributed by atoms with Gasteiger partial charge in [0.2, 0.25) is 0 Å². The molecule has 0 aliphatic carbocycles. The van der Waals surface area contributed by atoms with Gasteiger partial charge in [0, 0.05) is 23.7 Å². The van der Waals surface area contributed by atoms with Gasteiger partial charge in [0.15, 0.2) is 0 Å². The van der Waals surface area contributed by atoms with Crippen LogP contribution in [0.5, 0.6) is 0 Å². The lowest BCUT2D eigenvalue weighted by molar-refractivity contribution is 0.520. The third-order valence-corrected chi connectivity index (χ3v) is 4.48. The molecule has 0 saturated heterocycles. The van der Waals surface area contributed by atoms with E-state index in [-0.39, 0.29) is 6.04 Å². The van der Waals surface area contributed by atoms with Crippen LogP contribution in [-0.4, -0.2) is 22.4 Å². The molecular formula is C16H21Cl2N3. The number of benzene rings is 1. The van der Waals surface area contributed by atoms with Gasteiger partial charge in [-0.2, -0.15) is 5.10 Å². The number of halogens is 2. The molecule has 114 valence electrons. The molecular weight excluding hydrogens is 305 g/mol. The number of aromatic nitrogens is 2. The Bertz CT molecular complexity index is 608. The zero-order valence-electron chi connectivity index (χ0n) is 12.7. The maximum absolute atomic E-state index is 6.34. The van der Waals surface area contributed by atoms with Crippen molar-refractivity contribution in [2.24, 2.45) is 7.05 Å². The van der Waals surface area contributed by atoms with Crippen LogP contribution in [0.4, 0.5) is 0 Å². The second kappa shape index (κ2) is 7.30. The molecule has 1 atom stereocenters. The number of nitrogens with one attached hydrogen (secondary N) is 1. The maximum atomic E-state index is 6.34. The molecule has 1 aromatic heterocycles. The van der Waals surface area contributed by atoms with Gasteiger partial charge in [0.05, 0.1) is 5.69 Å². The minimum atomic E-state index is 0.287. The maximum Gasteiger partial charge on any atom is 0.130 e. The van der Waals surface area contributed by atoms with Crippen molar-refractivity contribution in [3.05, 3.63) is 51.3 Å². The normalized spacial score (nSPS) is 12.6. The Labute approximate surface area is 136 Å². The molecule has 0 fully saturated rings. The SMILES string of the molecule is CCNC(Cc1ccccc1Cl)Cc1c(C)nn(C)c1Cl. The molecule has 3 nitrogen and oxygen atoms in total. The van der Waals surface area contributed by atoms with Gasteiger partial charge in [0.1, 0.15) is 5.15 Å². The second-order valence-electron chi connectivity index (χ2n) is 5.23. The third kappa shape index (κ3) is 4.00. The van der Waals surface area contributed by atoms with Gasteiger partial charge in [-0.1, -0.05) is 48.3 Å². The van der Waals surface area contributed by atoms with Crippen LogP contribution in [0.3, 0.4) is 0 Å². The van der Waals surface area contributed by atoms with E-state index in [1.165, 1.54) is 0 Å². The summed E-state index contributed by atoms with van der Waals surface area (Å²) >= 11 is 12.6. The lowest BCUT2D eigenvalue weighted by Gasteiger charge is -2.18. The molecule has 0 aliphatic rings. The molecule has 1 unspecified atom stereocenters. The number of hydrogen-bond acceptors (Lipinski definition) is 2. The molecule has 2 rings (SSSR count).